The van der Waals surface area contributed by atoms with Crippen LogP contribution in [0.15, 0.2) is 12.2 Å². The number of hydrogen-bond donors (Lipinski definition) is 0. The van der Waals surface area contributed by atoms with Gasteiger partial charge < -0.3 is 0 Å². The fourth-order valence-electron chi connectivity index (χ4n) is 4.56. The summed E-state index contributed by atoms with van der Waals surface area (Å²) in [6.45, 7) is 26.4. The van der Waals surface area contributed by atoms with Crippen LogP contribution in [0, 0.1) is 46.8 Å². The summed E-state index contributed by atoms with van der Waals surface area (Å²) in [4.78, 5) is 0. The van der Waals surface area contributed by atoms with Gasteiger partial charge in [-0.25, -0.2) is 0 Å². The Morgan fingerprint density at radius 1 is 0.958 bits per heavy atom. The molecule has 0 N–H and O–H groups in total. The molecule has 1 saturated carbocycles. The van der Waals surface area contributed by atoms with Crippen LogP contribution in [-0.2, 0) is 0 Å². The van der Waals surface area contributed by atoms with Crippen molar-refractivity contribution in [3.8, 4) is 0 Å². The second-order valence-corrected chi connectivity index (χ2v) is 10.4. The van der Waals surface area contributed by atoms with Gasteiger partial charge in [0, 0.05) is 0 Å². The smallest absolute Gasteiger partial charge is 0.0154 e. The molecule has 0 bridgehead atoms. The molecule has 4 unspecified atom stereocenters. The van der Waals surface area contributed by atoms with Gasteiger partial charge in [-0.3, -0.25) is 0 Å². The van der Waals surface area contributed by atoms with E-state index in [-0.39, 0.29) is 0 Å². The standard InChI is InChI=1S/C24H46/c1-16(2)23(22-12-11-13-22)20(7)14-18(5)19(6)15-21(8)24(9,10)17(3)4/h16-19,21-23H,7,11-15H2,1-6,8-10H3. The lowest BCUT2D eigenvalue weighted by molar-refractivity contribution is 0.117. The van der Waals surface area contributed by atoms with Crippen molar-refractivity contribution in [1.82, 2.24) is 0 Å². The van der Waals surface area contributed by atoms with Gasteiger partial charge in [-0.1, -0.05) is 80.9 Å². The first kappa shape index (κ1) is 21.8. The predicted molar refractivity (Wildman–Crippen MR) is 110 cm³/mol. The van der Waals surface area contributed by atoms with Crippen molar-refractivity contribution >= 4 is 0 Å². The van der Waals surface area contributed by atoms with Gasteiger partial charge in [0.2, 0.25) is 0 Å². The Balaban J connectivity index is 2.59. The molecule has 24 heavy (non-hydrogen) atoms. The highest BCUT2D eigenvalue weighted by molar-refractivity contribution is 5.07. The molecular weight excluding hydrogens is 288 g/mol. The lowest BCUT2D eigenvalue weighted by atomic mass is 9.65. The van der Waals surface area contributed by atoms with Crippen LogP contribution in [-0.4, -0.2) is 0 Å². The first-order valence-corrected chi connectivity index (χ1v) is 10.7. The topological polar surface area (TPSA) is 0 Å². The van der Waals surface area contributed by atoms with E-state index in [9.17, 15) is 0 Å². The van der Waals surface area contributed by atoms with E-state index in [2.05, 4.69) is 68.9 Å². The van der Waals surface area contributed by atoms with Crippen LogP contribution in [0.25, 0.3) is 0 Å². The van der Waals surface area contributed by atoms with Crippen LogP contribution in [0.1, 0.15) is 94.4 Å². The Kier molecular flexibility index (Phi) is 8.08. The monoisotopic (exact) mass is 334 g/mol. The minimum Gasteiger partial charge on any atom is -0.0996 e. The zero-order valence-electron chi connectivity index (χ0n) is 18.3. The molecule has 1 aliphatic rings. The first-order valence-electron chi connectivity index (χ1n) is 10.7. The second-order valence-electron chi connectivity index (χ2n) is 10.4. The van der Waals surface area contributed by atoms with Gasteiger partial charge in [-0.15, -0.1) is 0 Å². The lowest BCUT2D eigenvalue weighted by Gasteiger charge is -2.40. The van der Waals surface area contributed by atoms with Gasteiger partial charge in [0.15, 0.2) is 0 Å². The van der Waals surface area contributed by atoms with Crippen LogP contribution in [0.5, 0.6) is 0 Å². The summed E-state index contributed by atoms with van der Waals surface area (Å²) in [5.74, 6) is 5.50. The zero-order valence-corrected chi connectivity index (χ0v) is 18.3. The molecule has 0 nitrogen and oxygen atoms in total. The third kappa shape index (κ3) is 5.37. The maximum atomic E-state index is 4.56. The van der Waals surface area contributed by atoms with Gasteiger partial charge >= 0.3 is 0 Å². The quantitative estimate of drug-likeness (QED) is 0.355. The number of allylic oxidation sites excluding steroid dienone is 1. The van der Waals surface area contributed by atoms with E-state index in [1.54, 1.807) is 5.57 Å². The third-order valence-electron chi connectivity index (χ3n) is 7.89. The van der Waals surface area contributed by atoms with Crippen LogP contribution in [0.4, 0.5) is 0 Å². The molecule has 0 aromatic carbocycles. The fourth-order valence-corrected chi connectivity index (χ4v) is 4.56. The molecule has 1 rings (SSSR count). The molecule has 1 fully saturated rings. The number of rotatable bonds is 10. The van der Waals surface area contributed by atoms with Gasteiger partial charge in [-0.2, -0.15) is 0 Å². The summed E-state index contributed by atoms with van der Waals surface area (Å²) in [6.07, 6.45) is 6.89. The second kappa shape index (κ2) is 8.91. The summed E-state index contributed by atoms with van der Waals surface area (Å²) in [7, 11) is 0. The maximum absolute atomic E-state index is 4.56. The van der Waals surface area contributed by atoms with Crippen LogP contribution in [0.2, 0.25) is 0 Å². The Morgan fingerprint density at radius 2 is 1.50 bits per heavy atom. The highest BCUT2D eigenvalue weighted by Crippen LogP contribution is 2.44. The largest absolute Gasteiger partial charge is 0.0996 e. The SMILES string of the molecule is C=C(CC(C)C(C)CC(C)C(C)(C)C(C)C)C(C(C)C)C1CCC1. The molecule has 0 amide bonds. The van der Waals surface area contributed by atoms with Crippen molar-refractivity contribution in [3.05, 3.63) is 12.2 Å². The molecule has 142 valence electrons. The van der Waals surface area contributed by atoms with Crippen molar-refractivity contribution in [2.24, 2.45) is 46.8 Å². The van der Waals surface area contributed by atoms with E-state index in [1.807, 2.05) is 0 Å². The van der Waals surface area contributed by atoms with Crippen LogP contribution >= 0.6 is 0 Å². The minimum absolute atomic E-state index is 0.428. The molecule has 0 spiro atoms. The van der Waals surface area contributed by atoms with Crippen molar-refractivity contribution in [2.45, 2.75) is 94.4 Å². The maximum Gasteiger partial charge on any atom is -0.0154 e. The van der Waals surface area contributed by atoms with Gasteiger partial charge in [0.25, 0.3) is 0 Å². The molecule has 0 saturated heterocycles. The predicted octanol–water partition coefficient (Wildman–Crippen LogP) is 7.99. The van der Waals surface area contributed by atoms with Crippen molar-refractivity contribution in [2.75, 3.05) is 0 Å². The highest BCUT2D eigenvalue weighted by Gasteiger charge is 2.34. The van der Waals surface area contributed by atoms with E-state index in [4.69, 9.17) is 0 Å². The molecule has 0 radical (unpaired) electrons. The molecular formula is C24H46. The van der Waals surface area contributed by atoms with E-state index in [0.717, 1.165) is 41.4 Å². The van der Waals surface area contributed by atoms with E-state index < -0.39 is 0 Å². The summed E-state index contributed by atoms with van der Waals surface area (Å²) in [6, 6.07) is 0. The van der Waals surface area contributed by atoms with Gasteiger partial charge in [0.1, 0.15) is 0 Å². The summed E-state index contributed by atoms with van der Waals surface area (Å²) < 4.78 is 0. The molecule has 4 atom stereocenters. The Morgan fingerprint density at radius 3 is 1.88 bits per heavy atom. The zero-order chi connectivity index (χ0) is 18.7. The highest BCUT2D eigenvalue weighted by atomic mass is 14.4. The normalized spacial score (nSPS) is 21.5. The average molecular weight is 335 g/mol. The summed E-state index contributed by atoms with van der Waals surface area (Å²) in [5.41, 5.74) is 1.97. The minimum atomic E-state index is 0.428. The number of hydrogen-bond acceptors (Lipinski definition) is 0. The molecule has 0 aromatic rings. The van der Waals surface area contributed by atoms with Crippen molar-refractivity contribution in [3.63, 3.8) is 0 Å². The Bertz CT molecular complexity index is 383. The van der Waals surface area contributed by atoms with E-state index in [1.165, 1.54) is 32.1 Å². The molecule has 0 heteroatoms. The van der Waals surface area contributed by atoms with E-state index >= 15 is 0 Å². The Labute approximate surface area is 153 Å². The molecule has 0 heterocycles. The fraction of sp³-hybridized carbons (Fsp3) is 0.917. The van der Waals surface area contributed by atoms with Crippen LogP contribution < -0.4 is 0 Å². The molecule has 0 aliphatic heterocycles. The molecule has 0 aromatic heterocycles. The first-order chi connectivity index (χ1) is 11.0. The molecule has 1 aliphatic carbocycles. The summed E-state index contributed by atoms with van der Waals surface area (Å²) >= 11 is 0. The lowest BCUT2D eigenvalue weighted by Crippen LogP contribution is -2.31. The van der Waals surface area contributed by atoms with Gasteiger partial charge in [0.05, 0.1) is 0 Å². The van der Waals surface area contributed by atoms with Crippen molar-refractivity contribution in [1.29, 1.82) is 0 Å². The van der Waals surface area contributed by atoms with Crippen molar-refractivity contribution < 1.29 is 0 Å². The van der Waals surface area contributed by atoms with Crippen LogP contribution in [0.3, 0.4) is 0 Å². The third-order valence-corrected chi connectivity index (χ3v) is 7.89. The Hall–Kier alpha value is -0.260. The average Bonchev–Trinajstić information content (AvgIpc) is 2.41. The van der Waals surface area contributed by atoms with Gasteiger partial charge in [-0.05, 0) is 72.5 Å². The van der Waals surface area contributed by atoms with E-state index in [0.29, 0.717) is 5.41 Å². The summed E-state index contributed by atoms with van der Waals surface area (Å²) in [5, 5.41) is 0.